The number of aromatic nitrogens is 2. The number of carbonyl (C=O) groups is 1. The SMILES string of the molecule is Cc1cc(-n2[nH]c(C)c(C=NNC(=O)c3ccccc3I)c2=O)ccc1Br. The highest BCUT2D eigenvalue weighted by Gasteiger charge is 2.12. The standard InChI is InChI=1S/C19H16BrIN4O2/c1-11-9-13(7-8-16(11)20)25-19(27)15(12(2)24-25)10-22-23-18(26)14-5-3-4-6-17(14)21/h3-10,24H,1-2H3,(H,23,26). The molecule has 8 heteroatoms. The number of hydrogen-bond donors (Lipinski definition) is 2. The fourth-order valence-corrected chi connectivity index (χ4v) is 3.40. The number of hydrogen-bond acceptors (Lipinski definition) is 3. The molecule has 6 nitrogen and oxygen atoms in total. The lowest BCUT2D eigenvalue weighted by Gasteiger charge is -2.04. The van der Waals surface area contributed by atoms with Gasteiger partial charge in [-0.1, -0.05) is 28.1 Å². The first-order chi connectivity index (χ1) is 12.9. The molecule has 1 heterocycles. The summed E-state index contributed by atoms with van der Waals surface area (Å²) in [5, 5.41) is 6.99. The van der Waals surface area contributed by atoms with Crippen LogP contribution in [0.1, 0.15) is 27.2 Å². The third kappa shape index (κ3) is 4.22. The zero-order chi connectivity index (χ0) is 19.6. The molecule has 0 fully saturated rings. The molecular formula is C19H16BrIN4O2. The summed E-state index contributed by atoms with van der Waals surface area (Å²) in [7, 11) is 0. The molecule has 3 rings (SSSR count). The zero-order valence-corrected chi connectivity index (χ0v) is 18.3. The van der Waals surface area contributed by atoms with Crippen LogP contribution >= 0.6 is 38.5 Å². The van der Waals surface area contributed by atoms with Gasteiger partial charge in [-0.2, -0.15) is 5.10 Å². The number of rotatable bonds is 4. The van der Waals surface area contributed by atoms with Crippen LogP contribution in [0.3, 0.4) is 0 Å². The van der Waals surface area contributed by atoms with Gasteiger partial charge in [0.15, 0.2) is 0 Å². The summed E-state index contributed by atoms with van der Waals surface area (Å²) in [6.07, 6.45) is 1.37. The highest BCUT2D eigenvalue weighted by molar-refractivity contribution is 14.1. The minimum atomic E-state index is -0.326. The molecule has 0 aliphatic rings. The number of nitrogens with one attached hydrogen (secondary N) is 2. The first kappa shape index (κ1) is 19.6. The monoisotopic (exact) mass is 538 g/mol. The van der Waals surface area contributed by atoms with Crippen molar-refractivity contribution >= 4 is 50.6 Å². The Kier molecular flexibility index (Phi) is 5.95. The second-order valence-corrected chi connectivity index (χ2v) is 7.92. The molecule has 0 aliphatic heterocycles. The predicted octanol–water partition coefficient (Wildman–Crippen LogP) is 3.91. The third-order valence-corrected chi connectivity index (χ3v) is 5.83. The summed E-state index contributed by atoms with van der Waals surface area (Å²) in [4.78, 5) is 24.9. The Morgan fingerprint density at radius 3 is 2.70 bits per heavy atom. The molecule has 1 amide bonds. The van der Waals surface area contributed by atoms with Crippen LogP contribution in [0.15, 0.2) is 56.8 Å². The van der Waals surface area contributed by atoms with E-state index in [2.05, 4.69) is 54.1 Å². The Bertz CT molecular complexity index is 1100. The quantitative estimate of drug-likeness (QED) is 0.300. The van der Waals surface area contributed by atoms with Crippen LogP contribution in [0.25, 0.3) is 5.69 Å². The van der Waals surface area contributed by atoms with E-state index in [0.29, 0.717) is 16.8 Å². The van der Waals surface area contributed by atoms with Gasteiger partial charge in [0.2, 0.25) is 0 Å². The number of aromatic amines is 1. The van der Waals surface area contributed by atoms with E-state index < -0.39 is 0 Å². The van der Waals surface area contributed by atoms with Gasteiger partial charge >= 0.3 is 0 Å². The molecule has 3 aromatic rings. The van der Waals surface area contributed by atoms with Crippen molar-refractivity contribution in [2.45, 2.75) is 13.8 Å². The van der Waals surface area contributed by atoms with E-state index in [1.54, 1.807) is 19.1 Å². The number of H-pyrrole nitrogens is 1. The maximum atomic E-state index is 12.7. The average molecular weight is 539 g/mol. The molecule has 0 unspecified atom stereocenters. The van der Waals surface area contributed by atoms with Crippen molar-refractivity contribution in [3.63, 3.8) is 0 Å². The van der Waals surface area contributed by atoms with Crippen molar-refractivity contribution in [2.75, 3.05) is 0 Å². The van der Waals surface area contributed by atoms with E-state index in [1.807, 2.05) is 37.3 Å². The Labute approximate surface area is 177 Å². The van der Waals surface area contributed by atoms with Gasteiger partial charge in [-0.05, 0) is 72.3 Å². The maximum Gasteiger partial charge on any atom is 0.280 e. The van der Waals surface area contributed by atoms with Gasteiger partial charge in [0, 0.05) is 13.7 Å². The fraction of sp³-hybridized carbons (Fsp3) is 0.105. The minimum Gasteiger partial charge on any atom is -0.295 e. The van der Waals surface area contributed by atoms with Crippen LogP contribution in [-0.2, 0) is 0 Å². The molecule has 0 saturated heterocycles. The molecule has 2 N–H and O–H groups in total. The van der Waals surface area contributed by atoms with E-state index >= 15 is 0 Å². The van der Waals surface area contributed by atoms with Crippen molar-refractivity contribution in [3.8, 4) is 5.69 Å². The van der Waals surface area contributed by atoms with Gasteiger partial charge in [-0.15, -0.1) is 0 Å². The topological polar surface area (TPSA) is 79.2 Å². The lowest BCUT2D eigenvalue weighted by atomic mass is 10.2. The number of hydrazone groups is 1. The van der Waals surface area contributed by atoms with E-state index in [1.165, 1.54) is 10.9 Å². The lowest BCUT2D eigenvalue weighted by Crippen LogP contribution is -2.20. The smallest absolute Gasteiger partial charge is 0.280 e. The summed E-state index contributed by atoms with van der Waals surface area (Å²) in [6.45, 7) is 3.74. The van der Waals surface area contributed by atoms with Crippen LogP contribution in [0, 0.1) is 17.4 Å². The van der Waals surface area contributed by atoms with Crippen LogP contribution in [-0.4, -0.2) is 21.9 Å². The summed E-state index contributed by atoms with van der Waals surface area (Å²) in [6, 6.07) is 12.8. The molecule has 0 atom stereocenters. The van der Waals surface area contributed by atoms with Gasteiger partial charge in [0.25, 0.3) is 11.5 Å². The summed E-state index contributed by atoms with van der Waals surface area (Å²) >= 11 is 5.54. The molecular weight excluding hydrogens is 523 g/mol. The van der Waals surface area contributed by atoms with Crippen LogP contribution in [0.2, 0.25) is 0 Å². The van der Waals surface area contributed by atoms with Gasteiger partial charge in [-0.3, -0.25) is 14.7 Å². The van der Waals surface area contributed by atoms with E-state index in [4.69, 9.17) is 0 Å². The molecule has 0 aliphatic carbocycles. The average Bonchev–Trinajstić information content (AvgIpc) is 2.92. The molecule has 0 saturated carbocycles. The van der Waals surface area contributed by atoms with Crippen LogP contribution < -0.4 is 11.0 Å². The van der Waals surface area contributed by atoms with Crippen molar-refractivity contribution < 1.29 is 4.79 Å². The van der Waals surface area contributed by atoms with Gasteiger partial charge in [0.05, 0.1) is 23.0 Å². The Morgan fingerprint density at radius 2 is 2.00 bits per heavy atom. The summed E-state index contributed by atoms with van der Waals surface area (Å²) in [5.41, 5.74) is 5.56. The minimum absolute atomic E-state index is 0.235. The largest absolute Gasteiger partial charge is 0.295 e. The molecule has 1 aromatic heterocycles. The molecule has 0 radical (unpaired) electrons. The Balaban J connectivity index is 1.84. The van der Waals surface area contributed by atoms with Crippen molar-refractivity contribution in [1.29, 1.82) is 0 Å². The number of carbonyl (C=O) groups excluding carboxylic acids is 1. The maximum absolute atomic E-state index is 12.7. The molecule has 27 heavy (non-hydrogen) atoms. The highest BCUT2D eigenvalue weighted by Crippen LogP contribution is 2.18. The van der Waals surface area contributed by atoms with Crippen molar-refractivity contribution in [1.82, 2.24) is 15.2 Å². The number of halogens is 2. The number of nitrogens with zero attached hydrogens (tertiary/aromatic N) is 2. The Hall–Kier alpha value is -2.20. The van der Waals surface area contributed by atoms with Gasteiger partial charge in [-0.25, -0.2) is 10.1 Å². The normalized spacial score (nSPS) is 11.1. The predicted molar refractivity (Wildman–Crippen MR) is 118 cm³/mol. The number of aryl methyl sites for hydroxylation is 2. The fourth-order valence-electron chi connectivity index (χ4n) is 2.52. The third-order valence-electron chi connectivity index (χ3n) is 3.99. The highest BCUT2D eigenvalue weighted by atomic mass is 127. The molecule has 138 valence electrons. The number of benzene rings is 2. The second kappa shape index (κ2) is 8.22. The first-order valence-corrected chi connectivity index (χ1v) is 9.91. The molecule has 0 bridgehead atoms. The van der Waals surface area contributed by atoms with E-state index in [9.17, 15) is 9.59 Å². The van der Waals surface area contributed by atoms with Crippen molar-refractivity contribution in [2.24, 2.45) is 5.10 Å². The molecule has 0 spiro atoms. The lowest BCUT2D eigenvalue weighted by molar-refractivity contribution is 0.0954. The Morgan fingerprint density at radius 1 is 1.26 bits per heavy atom. The second-order valence-electron chi connectivity index (χ2n) is 5.90. The van der Waals surface area contributed by atoms with Gasteiger partial charge in [0.1, 0.15) is 0 Å². The summed E-state index contributed by atoms with van der Waals surface area (Å²) < 4.78 is 3.26. The van der Waals surface area contributed by atoms with E-state index in [-0.39, 0.29) is 11.5 Å². The van der Waals surface area contributed by atoms with Crippen LogP contribution in [0.4, 0.5) is 0 Å². The first-order valence-electron chi connectivity index (χ1n) is 8.04. The zero-order valence-electron chi connectivity index (χ0n) is 14.6. The number of amides is 1. The van der Waals surface area contributed by atoms with E-state index in [0.717, 1.165) is 19.3 Å². The summed E-state index contributed by atoms with van der Waals surface area (Å²) in [5.74, 6) is -0.326. The molecule has 2 aromatic carbocycles. The van der Waals surface area contributed by atoms with Crippen LogP contribution in [0.5, 0.6) is 0 Å². The van der Waals surface area contributed by atoms with Gasteiger partial charge < -0.3 is 0 Å². The van der Waals surface area contributed by atoms with Crippen molar-refractivity contribution in [3.05, 3.63) is 83.2 Å².